The molecule has 1 amide bonds. The Hall–Kier alpha value is -1.59. The SMILES string of the molecule is O=C(Nc1ccccc1)ON1CCNCC1. The molecule has 0 aliphatic carbocycles. The van der Waals surface area contributed by atoms with Gasteiger partial charge in [0, 0.05) is 31.9 Å². The molecule has 16 heavy (non-hydrogen) atoms. The fourth-order valence-electron chi connectivity index (χ4n) is 1.52. The van der Waals surface area contributed by atoms with E-state index in [0.29, 0.717) is 0 Å². The lowest BCUT2D eigenvalue weighted by atomic mass is 10.3. The Labute approximate surface area is 94.3 Å². The van der Waals surface area contributed by atoms with Gasteiger partial charge in [-0.25, -0.2) is 4.79 Å². The highest BCUT2D eigenvalue weighted by molar-refractivity contribution is 5.84. The summed E-state index contributed by atoms with van der Waals surface area (Å²) in [6, 6.07) is 9.26. The third-order valence-corrected chi connectivity index (χ3v) is 2.31. The highest BCUT2D eigenvalue weighted by Crippen LogP contribution is 2.06. The molecule has 0 bridgehead atoms. The number of carbonyl (C=O) groups excluding carboxylic acids is 1. The van der Waals surface area contributed by atoms with Gasteiger partial charge in [0.05, 0.1) is 0 Å². The Morgan fingerprint density at radius 3 is 2.62 bits per heavy atom. The Balaban J connectivity index is 1.80. The minimum absolute atomic E-state index is 0.437. The Morgan fingerprint density at radius 2 is 1.94 bits per heavy atom. The minimum Gasteiger partial charge on any atom is -0.351 e. The number of rotatable bonds is 2. The maximum atomic E-state index is 11.5. The Morgan fingerprint density at radius 1 is 1.25 bits per heavy atom. The van der Waals surface area contributed by atoms with Crippen LogP contribution in [0.15, 0.2) is 30.3 Å². The average Bonchev–Trinajstić information content (AvgIpc) is 2.31. The molecule has 1 aliphatic heterocycles. The van der Waals surface area contributed by atoms with Crippen molar-refractivity contribution in [2.75, 3.05) is 31.5 Å². The fourth-order valence-corrected chi connectivity index (χ4v) is 1.52. The van der Waals surface area contributed by atoms with Gasteiger partial charge >= 0.3 is 6.09 Å². The van der Waals surface area contributed by atoms with Crippen molar-refractivity contribution in [1.82, 2.24) is 10.4 Å². The smallest absolute Gasteiger partial charge is 0.351 e. The van der Waals surface area contributed by atoms with E-state index in [1.165, 1.54) is 0 Å². The summed E-state index contributed by atoms with van der Waals surface area (Å²) in [5, 5.41) is 7.51. The minimum atomic E-state index is -0.437. The molecule has 0 spiro atoms. The molecule has 5 heteroatoms. The summed E-state index contributed by atoms with van der Waals surface area (Å²) in [4.78, 5) is 16.6. The number of piperazine rings is 1. The highest BCUT2D eigenvalue weighted by Gasteiger charge is 2.14. The Bertz CT molecular complexity index is 336. The molecule has 0 atom stereocenters. The number of carbonyl (C=O) groups is 1. The fraction of sp³-hybridized carbons (Fsp3) is 0.364. The number of hydrogen-bond acceptors (Lipinski definition) is 4. The predicted molar refractivity (Wildman–Crippen MR) is 61.0 cm³/mol. The highest BCUT2D eigenvalue weighted by atomic mass is 16.7. The first-order valence-corrected chi connectivity index (χ1v) is 5.34. The lowest BCUT2D eigenvalue weighted by molar-refractivity contribution is -0.100. The second-order valence-corrected chi connectivity index (χ2v) is 3.55. The predicted octanol–water partition coefficient (Wildman–Crippen LogP) is 1.06. The van der Waals surface area contributed by atoms with Crippen LogP contribution in [0.5, 0.6) is 0 Å². The molecule has 1 aromatic rings. The Kier molecular flexibility index (Phi) is 3.74. The maximum absolute atomic E-state index is 11.5. The van der Waals surface area contributed by atoms with Crippen LogP contribution >= 0.6 is 0 Å². The number of anilines is 1. The van der Waals surface area contributed by atoms with Gasteiger partial charge in [-0.3, -0.25) is 5.32 Å². The summed E-state index contributed by atoms with van der Waals surface area (Å²) in [5.41, 5.74) is 0.739. The first kappa shape index (κ1) is 10.9. The summed E-state index contributed by atoms with van der Waals surface area (Å²) in [7, 11) is 0. The largest absolute Gasteiger partial charge is 0.430 e. The molecule has 1 fully saturated rings. The van der Waals surface area contributed by atoms with E-state index in [4.69, 9.17) is 4.84 Å². The zero-order valence-electron chi connectivity index (χ0n) is 8.98. The summed E-state index contributed by atoms with van der Waals surface area (Å²) in [5.74, 6) is 0. The van der Waals surface area contributed by atoms with Crippen LogP contribution in [-0.4, -0.2) is 37.3 Å². The van der Waals surface area contributed by atoms with Crippen LogP contribution in [-0.2, 0) is 4.84 Å². The van der Waals surface area contributed by atoms with Crippen molar-refractivity contribution in [3.8, 4) is 0 Å². The van der Waals surface area contributed by atoms with Crippen LogP contribution in [0.2, 0.25) is 0 Å². The summed E-state index contributed by atoms with van der Waals surface area (Å²) in [6.45, 7) is 3.14. The summed E-state index contributed by atoms with van der Waals surface area (Å²) in [6.07, 6.45) is -0.437. The van der Waals surface area contributed by atoms with Crippen LogP contribution in [0.25, 0.3) is 0 Å². The van der Waals surface area contributed by atoms with Crippen LogP contribution in [0, 0.1) is 0 Å². The van der Waals surface area contributed by atoms with E-state index in [-0.39, 0.29) is 0 Å². The molecular formula is C11H15N3O2. The zero-order chi connectivity index (χ0) is 11.2. The van der Waals surface area contributed by atoms with E-state index >= 15 is 0 Å². The van der Waals surface area contributed by atoms with E-state index in [1.54, 1.807) is 5.06 Å². The molecule has 2 N–H and O–H groups in total. The average molecular weight is 221 g/mol. The summed E-state index contributed by atoms with van der Waals surface area (Å²) >= 11 is 0. The van der Waals surface area contributed by atoms with Crippen LogP contribution in [0.1, 0.15) is 0 Å². The van der Waals surface area contributed by atoms with Gasteiger partial charge in [0.25, 0.3) is 0 Å². The number of hydroxylamine groups is 2. The summed E-state index contributed by atoms with van der Waals surface area (Å²) < 4.78 is 0. The zero-order valence-corrected chi connectivity index (χ0v) is 8.98. The van der Waals surface area contributed by atoms with Crippen molar-refractivity contribution in [3.63, 3.8) is 0 Å². The number of para-hydroxylation sites is 1. The number of nitrogens with zero attached hydrogens (tertiary/aromatic N) is 1. The second-order valence-electron chi connectivity index (χ2n) is 3.55. The molecule has 2 rings (SSSR count). The van der Waals surface area contributed by atoms with Crippen LogP contribution in [0.4, 0.5) is 10.5 Å². The van der Waals surface area contributed by atoms with E-state index in [0.717, 1.165) is 31.9 Å². The van der Waals surface area contributed by atoms with Crippen molar-refractivity contribution in [3.05, 3.63) is 30.3 Å². The van der Waals surface area contributed by atoms with E-state index < -0.39 is 6.09 Å². The van der Waals surface area contributed by atoms with Crippen molar-refractivity contribution in [2.45, 2.75) is 0 Å². The molecule has 1 aromatic carbocycles. The normalized spacial score (nSPS) is 16.8. The van der Waals surface area contributed by atoms with Crippen molar-refractivity contribution < 1.29 is 9.63 Å². The third kappa shape index (κ3) is 3.22. The van der Waals surface area contributed by atoms with E-state index in [2.05, 4.69) is 10.6 Å². The first-order valence-electron chi connectivity index (χ1n) is 5.34. The van der Waals surface area contributed by atoms with Gasteiger partial charge in [-0.05, 0) is 12.1 Å². The van der Waals surface area contributed by atoms with E-state index in [1.807, 2.05) is 30.3 Å². The molecule has 1 saturated heterocycles. The lowest BCUT2D eigenvalue weighted by Crippen LogP contribution is -2.44. The quantitative estimate of drug-likeness (QED) is 0.784. The van der Waals surface area contributed by atoms with Gasteiger partial charge in [-0.2, -0.15) is 0 Å². The molecule has 5 nitrogen and oxygen atoms in total. The molecule has 0 radical (unpaired) electrons. The molecule has 0 aromatic heterocycles. The standard InChI is InChI=1S/C11H15N3O2/c15-11(13-10-4-2-1-3-5-10)16-14-8-6-12-7-9-14/h1-5,12H,6-9H2,(H,13,15). The van der Waals surface area contributed by atoms with Crippen molar-refractivity contribution in [1.29, 1.82) is 0 Å². The van der Waals surface area contributed by atoms with Crippen LogP contribution in [0.3, 0.4) is 0 Å². The monoisotopic (exact) mass is 221 g/mol. The third-order valence-electron chi connectivity index (χ3n) is 2.31. The van der Waals surface area contributed by atoms with E-state index in [9.17, 15) is 4.79 Å². The molecule has 0 unspecified atom stereocenters. The van der Waals surface area contributed by atoms with Gasteiger partial charge in [0.1, 0.15) is 0 Å². The molecule has 0 saturated carbocycles. The molecule has 86 valence electrons. The van der Waals surface area contributed by atoms with Gasteiger partial charge in [0.15, 0.2) is 0 Å². The number of nitrogens with one attached hydrogen (secondary N) is 2. The van der Waals surface area contributed by atoms with Gasteiger partial charge < -0.3 is 10.2 Å². The van der Waals surface area contributed by atoms with Crippen LogP contribution < -0.4 is 10.6 Å². The number of amides is 1. The second kappa shape index (κ2) is 5.48. The van der Waals surface area contributed by atoms with Gasteiger partial charge in [-0.15, -0.1) is 5.06 Å². The van der Waals surface area contributed by atoms with Crippen molar-refractivity contribution >= 4 is 11.8 Å². The molecule has 1 aliphatic rings. The molecular weight excluding hydrogens is 206 g/mol. The first-order chi connectivity index (χ1) is 7.84. The number of benzene rings is 1. The number of hydrogen-bond donors (Lipinski definition) is 2. The van der Waals surface area contributed by atoms with Crippen molar-refractivity contribution in [2.24, 2.45) is 0 Å². The topological polar surface area (TPSA) is 53.6 Å². The maximum Gasteiger partial charge on any atom is 0.430 e. The van der Waals surface area contributed by atoms with Gasteiger partial charge in [-0.1, -0.05) is 18.2 Å². The van der Waals surface area contributed by atoms with Gasteiger partial charge in [0.2, 0.25) is 0 Å². The molecule has 1 heterocycles. The lowest BCUT2D eigenvalue weighted by Gasteiger charge is -2.25.